The third-order valence-corrected chi connectivity index (χ3v) is 4.86. The third-order valence-electron chi connectivity index (χ3n) is 4.86. The van der Waals surface area contributed by atoms with E-state index in [2.05, 4.69) is 47.6 Å². The van der Waals surface area contributed by atoms with Crippen LogP contribution in [0.2, 0.25) is 0 Å². The van der Waals surface area contributed by atoms with Crippen molar-refractivity contribution in [3.05, 3.63) is 65.5 Å². The summed E-state index contributed by atoms with van der Waals surface area (Å²) in [6.07, 6.45) is 7.31. The molecule has 5 heteroatoms. The van der Waals surface area contributed by atoms with E-state index in [1.165, 1.54) is 11.1 Å². The summed E-state index contributed by atoms with van der Waals surface area (Å²) in [5.74, 6) is 0.263. The quantitative estimate of drug-likeness (QED) is 0.785. The molecule has 1 unspecified atom stereocenters. The third kappa shape index (κ3) is 5.55. The maximum atomic E-state index is 12.7. The van der Waals surface area contributed by atoms with E-state index in [0.717, 1.165) is 44.5 Å². The minimum atomic E-state index is 0. The van der Waals surface area contributed by atoms with E-state index in [-0.39, 0.29) is 24.4 Å². The van der Waals surface area contributed by atoms with Gasteiger partial charge in [0, 0.05) is 38.4 Å². The normalized spacial score (nSPS) is 16.8. The zero-order valence-electron chi connectivity index (χ0n) is 15.4. The van der Waals surface area contributed by atoms with Gasteiger partial charge in [-0.05, 0) is 43.4 Å². The summed E-state index contributed by atoms with van der Waals surface area (Å²) in [6, 6.07) is 12.8. The lowest BCUT2D eigenvalue weighted by Gasteiger charge is -2.36. The van der Waals surface area contributed by atoms with E-state index in [9.17, 15) is 4.79 Å². The Morgan fingerprint density at radius 3 is 2.77 bits per heavy atom. The number of carbonyl (C=O) groups excluding carboxylic acids is 1. The number of hydrogen-bond acceptors (Lipinski definition) is 3. The topological polar surface area (TPSA) is 45.2 Å². The zero-order valence-corrected chi connectivity index (χ0v) is 16.2. The molecule has 1 aromatic carbocycles. The monoisotopic (exact) mass is 373 g/mol. The van der Waals surface area contributed by atoms with Crippen LogP contribution in [0.1, 0.15) is 42.0 Å². The van der Waals surface area contributed by atoms with Crippen molar-refractivity contribution in [2.24, 2.45) is 0 Å². The molecule has 1 saturated heterocycles. The molecule has 2 heterocycles. The number of aryl methyl sites for hydroxylation is 2. The van der Waals surface area contributed by atoms with Gasteiger partial charge >= 0.3 is 0 Å². The molecule has 4 nitrogen and oxygen atoms in total. The van der Waals surface area contributed by atoms with E-state index in [4.69, 9.17) is 0 Å². The predicted octanol–water partition coefficient (Wildman–Crippen LogP) is 3.70. The summed E-state index contributed by atoms with van der Waals surface area (Å²) in [5, 5.41) is 3.39. The van der Waals surface area contributed by atoms with Crippen LogP contribution in [0.5, 0.6) is 0 Å². The van der Waals surface area contributed by atoms with E-state index in [0.29, 0.717) is 6.42 Å². The van der Waals surface area contributed by atoms with Gasteiger partial charge in [-0.1, -0.05) is 35.9 Å². The second-order valence-electron chi connectivity index (χ2n) is 6.79. The first-order valence-electron chi connectivity index (χ1n) is 9.20. The van der Waals surface area contributed by atoms with Crippen molar-refractivity contribution in [1.29, 1.82) is 0 Å². The number of pyridine rings is 1. The number of benzene rings is 1. The predicted molar refractivity (Wildman–Crippen MR) is 108 cm³/mol. The van der Waals surface area contributed by atoms with Crippen LogP contribution in [0.4, 0.5) is 0 Å². The fourth-order valence-corrected chi connectivity index (χ4v) is 3.38. The molecule has 1 aliphatic heterocycles. The van der Waals surface area contributed by atoms with Gasteiger partial charge < -0.3 is 10.2 Å². The Bertz CT molecular complexity index is 675. The van der Waals surface area contributed by atoms with Gasteiger partial charge in [-0.2, -0.15) is 0 Å². The van der Waals surface area contributed by atoms with Crippen LogP contribution in [0.15, 0.2) is 48.8 Å². The number of nitrogens with zero attached hydrogens (tertiary/aromatic N) is 2. The summed E-state index contributed by atoms with van der Waals surface area (Å²) >= 11 is 0. The Morgan fingerprint density at radius 1 is 1.23 bits per heavy atom. The Kier molecular flexibility index (Phi) is 8.07. The van der Waals surface area contributed by atoms with Crippen molar-refractivity contribution in [2.45, 2.75) is 38.6 Å². The maximum absolute atomic E-state index is 12.7. The van der Waals surface area contributed by atoms with Gasteiger partial charge in [0.15, 0.2) is 0 Å². The number of hydrogen-bond donors (Lipinski definition) is 1. The lowest BCUT2D eigenvalue weighted by atomic mass is 10.0. The van der Waals surface area contributed by atoms with Gasteiger partial charge in [-0.3, -0.25) is 9.78 Å². The molecule has 1 atom stereocenters. The average Bonchev–Trinajstić information content (AvgIpc) is 2.67. The van der Waals surface area contributed by atoms with Gasteiger partial charge in [0.2, 0.25) is 5.91 Å². The Hall–Kier alpha value is -1.91. The lowest BCUT2D eigenvalue weighted by Crippen LogP contribution is -2.48. The Morgan fingerprint density at radius 2 is 2.04 bits per heavy atom. The smallest absolute Gasteiger partial charge is 0.223 e. The number of aromatic nitrogens is 1. The molecule has 0 radical (unpaired) electrons. The Labute approximate surface area is 162 Å². The Balaban J connectivity index is 0.00000243. The molecular formula is C21H28ClN3O. The van der Waals surface area contributed by atoms with Crippen LogP contribution >= 0.6 is 12.4 Å². The van der Waals surface area contributed by atoms with Crippen LogP contribution in [0, 0.1) is 6.92 Å². The molecule has 0 spiro atoms. The number of halogens is 1. The van der Waals surface area contributed by atoms with Crippen molar-refractivity contribution in [3.8, 4) is 0 Å². The number of amides is 1. The number of piperazine rings is 1. The minimum absolute atomic E-state index is 0. The highest BCUT2D eigenvalue weighted by Crippen LogP contribution is 2.22. The summed E-state index contributed by atoms with van der Waals surface area (Å²) < 4.78 is 0. The highest BCUT2D eigenvalue weighted by atomic mass is 35.5. The molecule has 0 aliphatic carbocycles. The molecule has 1 aliphatic rings. The molecular weight excluding hydrogens is 346 g/mol. The molecule has 1 aromatic heterocycles. The van der Waals surface area contributed by atoms with Crippen LogP contribution < -0.4 is 5.32 Å². The molecule has 1 N–H and O–H groups in total. The molecule has 2 aromatic rings. The van der Waals surface area contributed by atoms with Crippen LogP contribution in [-0.4, -0.2) is 35.4 Å². The number of unbranched alkanes of at least 4 members (excludes halogenated alkanes) is 1. The van der Waals surface area contributed by atoms with Crippen molar-refractivity contribution >= 4 is 18.3 Å². The first-order chi connectivity index (χ1) is 12.2. The van der Waals surface area contributed by atoms with E-state index in [1.807, 2.05) is 17.2 Å². The number of rotatable bonds is 6. The van der Waals surface area contributed by atoms with Gasteiger partial charge in [0.1, 0.15) is 0 Å². The van der Waals surface area contributed by atoms with E-state index >= 15 is 0 Å². The minimum Gasteiger partial charge on any atom is -0.333 e. The average molecular weight is 374 g/mol. The molecule has 1 fully saturated rings. The van der Waals surface area contributed by atoms with Crippen molar-refractivity contribution < 1.29 is 4.79 Å². The van der Waals surface area contributed by atoms with Crippen LogP contribution in [0.25, 0.3) is 0 Å². The van der Waals surface area contributed by atoms with E-state index < -0.39 is 0 Å². The molecule has 1 amide bonds. The lowest BCUT2D eigenvalue weighted by molar-refractivity contribution is -0.134. The fourth-order valence-electron chi connectivity index (χ4n) is 3.38. The van der Waals surface area contributed by atoms with Crippen molar-refractivity contribution in [3.63, 3.8) is 0 Å². The first-order valence-corrected chi connectivity index (χ1v) is 9.20. The zero-order chi connectivity index (χ0) is 17.5. The first kappa shape index (κ1) is 20.4. The van der Waals surface area contributed by atoms with Crippen molar-refractivity contribution in [1.82, 2.24) is 15.2 Å². The van der Waals surface area contributed by atoms with Gasteiger partial charge in [0.05, 0.1) is 6.04 Å². The molecule has 26 heavy (non-hydrogen) atoms. The van der Waals surface area contributed by atoms with Gasteiger partial charge in [0.25, 0.3) is 0 Å². The standard InChI is InChI=1S/C21H27N3O.ClH/c1-17-8-10-18(11-9-17)5-2-3-7-21(25)24-14-13-23-16-20(24)19-6-4-12-22-15-19;/h4,6,8-12,15,20,23H,2-3,5,7,13-14,16H2,1H3;1H. The molecule has 0 saturated carbocycles. The molecule has 0 bridgehead atoms. The fraction of sp³-hybridized carbons (Fsp3) is 0.429. The highest BCUT2D eigenvalue weighted by molar-refractivity contribution is 5.85. The second kappa shape index (κ2) is 10.3. The van der Waals surface area contributed by atoms with Gasteiger partial charge in [-0.15, -0.1) is 12.4 Å². The summed E-state index contributed by atoms with van der Waals surface area (Å²) in [7, 11) is 0. The maximum Gasteiger partial charge on any atom is 0.223 e. The summed E-state index contributed by atoms with van der Waals surface area (Å²) in [4.78, 5) is 18.9. The second-order valence-corrected chi connectivity index (χ2v) is 6.79. The van der Waals surface area contributed by atoms with Crippen molar-refractivity contribution in [2.75, 3.05) is 19.6 Å². The van der Waals surface area contributed by atoms with E-state index in [1.54, 1.807) is 6.20 Å². The highest BCUT2D eigenvalue weighted by Gasteiger charge is 2.27. The number of carbonyl (C=O) groups is 1. The van der Waals surface area contributed by atoms with Crippen LogP contribution in [0.3, 0.4) is 0 Å². The summed E-state index contributed by atoms with van der Waals surface area (Å²) in [5.41, 5.74) is 3.76. The van der Waals surface area contributed by atoms with Gasteiger partial charge in [-0.25, -0.2) is 0 Å². The number of nitrogens with one attached hydrogen (secondary N) is 1. The molecule has 140 valence electrons. The van der Waals surface area contributed by atoms with Crippen LogP contribution in [-0.2, 0) is 11.2 Å². The summed E-state index contributed by atoms with van der Waals surface area (Å²) in [6.45, 7) is 4.55. The molecule has 3 rings (SSSR count). The largest absolute Gasteiger partial charge is 0.333 e. The SMILES string of the molecule is Cc1ccc(CCCCC(=O)N2CCNCC2c2cccnc2)cc1.Cl.